The largest absolute Gasteiger partial charge is 0.477 e. The fraction of sp³-hybridized carbons (Fsp3) is 0. The Labute approximate surface area is 114 Å². The molecule has 0 saturated heterocycles. The van der Waals surface area contributed by atoms with E-state index in [1.54, 1.807) is 0 Å². The fourth-order valence-corrected chi connectivity index (χ4v) is 1.72. The average Bonchev–Trinajstić information content (AvgIpc) is 2.35. The number of ether oxygens (including phenoxy) is 1. The van der Waals surface area contributed by atoms with E-state index in [1.165, 1.54) is 24.3 Å². The minimum absolute atomic E-state index is 0.142. The summed E-state index contributed by atoms with van der Waals surface area (Å²) >= 11 is 3.00. The van der Waals surface area contributed by atoms with E-state index >= 15 is 0 Å². The van der Waals surface area contributed by atoms with E-state index in [4.69, 9.17) is 9.84 Å². The summed E-state index contributed by atoms with van der Waals surface area (Å²) in [5, 5.41) is 8.76. The maximum atomic E-state index is 13.5. The smallest absolute Gasteiger partial charge is 0.354 e. The molecular formula is C12H6BrF2NO3. The van der Waals surface area contributed by atoms with Gasteiger partial charge < -0.3 is 9.84 Å². The molecule has 0 fully saturated rings. The van der Waals surface area contributed by atoms with Crippen molar-refractivity contribution >= 4 is 21.9 Å². The van der Waals surface area contributed by atoms with Crippen LogP contribution in [0.5, 0.6) is 11.6 Å². The highest BCUT2D eigenvalue weighted by atomic mass is 79.9. The number of aromatic carboxylic acids is 1. The molecule has 98 valence electrons. The second-order valence-electron chi connectivity index (χ2n) is 3.47. The molecule has 7 heteroatoms. The van der Waals surface area contributed by atoms with Crippen molar-refractivity contribution in [3.8, 4) is 11.6 Å². The predicted octanol–water partition coefficient (Wildman–Crippen LogP) is 3.61. The minimum atomic E-state index is -1.24. The molecule has 19 heavy (non-hydrogen) atoms. The lowest BCUT2D eigenvalue weighted by atomic mass is 10.3. The van der Waals surface area contributed by atoms with E-state index in [-0.39, 0.29) is 21.8 Å². The van der Waals surface area contributed by atoms with Crippen LogP contribution in [-0.4, -0.2) is 16.1 Å². The molecule has 2 rings (SSSR count). The van der Waals surface area contributed by atoms with Crippen LogP contribution in [0.1, 0.15) is 10.5 Å². The van der Waals surface area contributed by atoms with Crippen LogP contribution < -0.4 is 4.74 Å². The standard InChI is InChI=1S/C12H6BrF2NO3/c13-6-4-7(14)11(15)9(5-6)19-10-3-1-2-8(16-10)12(17)18/h1-5H,(H,17,18). The quantitative estimate of drug-likeness (QED) is 0.874. The van der Waals surface area contributed by atoms with Crippen molar-refractivity contribution in [2.45, 2.75) is 0 Å². The molecule has 0 unspecified atom stereocenters. The second-order valence-corrected chi connectivity index (χ2v) is 4.38. The maximum Gasteiger partial charge on any atom is 0.354 e. The SMILES string of the molecule is O=C(O)c1cccc(Oc2cc(Br)cc(F)c2F)n1. The number of rotatable bonds is 3. The average molecular weight is 330 g/mol. The Kier molecular flexibility index (Phi) is 3.75. The summed E-state index contributed by atoms with van der Waals surface area (Å²) in [6.45, 7) is 0. The Morgan fingerprint density at radius 3 is 2.74 bits per heavy atom. The van der Waals surface area contributed by atoms with Crippen LogP contribution in [0, 0.1) is 11.6 Å². The number of nitrogens with zero attached hydrogens (tertiary/aromatic N) is 1. The highest BCUT2D eigenvalue weighted by Gasteiger charge is 2.13. The van der Waals surface area contributed by atoms with Crippen LogP contribution in [0.4, 0.5) is 8.78 Å². The van der Waals surface area contributed by atoms with Crippen LogP contribution >= 0.6 is 15.9 Å². The van der Waals surface area contributed by atoms with Crippen LogP contribution in [0.3, 0.4) is 0 Å². The lowest BCUT2D eigenvalue weighted by Crippen LogP contribution is -2.01. The fourth-order valence-electron chi connectivity index (χ4n) is 1.31. The van der Waals surface area contributed by atoms with E-state index in [9.17, 15) is 13.6 Å². The number of carboxylic acid groups (broad SMARTS) is 1. The molecule has 1 N–H and O–H groups in total. The first kappa shape index (κ1) is 13.4. The van der Waals surface area contributed by atoms with Crippen LogP contribution in [0.15, 0.2) is 34.8 Å². The summed E-state index contributed by atoms with van der Waals surface area (Å²) in [6, 6.07) is 6.15. The predicted molar refractivity (Wildman–Crippen MR) is 65.3 cm³/mol. The van der Waals surface area contributed by atoms with E-state index in [1.807, 2.05) is 0 Å². The lowest BCUT2D eigenvalue weighted by Gasteiger charge is -2.07. The molecule has 1 aromatic carbocycles. The molecular weight excluding hydrogens is 324 g/mol. The maximum absolute atomic E-state index is 13.5. The number of benzene rings is 1. The van der Waals surface area contributed by atoms with Gasteiger partial charge in [0.25, 0.3) is 0 Å². The summed E-state index contributed by atoms with van der Waals surface area (Å²) in [6.07, 6.45) is 0. The Balaban J connectivity index is 2.36. The highest BCUT2D eigenvalue weighted by molar-refractivity contribution is 9.10. The molecule has 2 aromatic rings. The van der Waals surface area contributed by atoms with Crippen molar-refractivity contribution in [2.75, 3.05) is 0 Å². The summed E-state index contributed by atoms with van der Waals surface area (Å²) < 4.78 is 31.9. The van der Waals surface area contributed by atoms with Gasteiger partial charge >= 0.3 is 5.97 Å². The van der Waals surface area contributed by atoms with Gasteiger partial charge in [0.05, 0.1) is 0 Å². The van der Waals surface area contributed by atoms with E-state index < -0.39 is 17.6 Å². The van der Waals surface area contributed by atoms with Crippen LogP contribution in [0.25, 0.3) is 0 Å². The van der Waals surface area contributed by atoms with Crippen molar-refractivity contribution < 1.29 is 23.4 Å². The molecule has 1 heterocycles. The van der Waals surface area contributed by atoms with Gasteiger partial charge in [-0.2, -0.15) is 4.39 Å². The normalized spacial score (nSPS) is 10.3. The van der Waals surface area contributed by atoms with Gasteiger partial charge in [0.1, 0.15) is 0 Å². The molecule has 0 atom stereocenters. The third-order valence-corrected chi connectivity index (χ3v) is 2.57. The van der Waals surface area contributed by atoms with E-state index in [0.717, 1.165) is 6.07 Å². The molecule has 0 radical (unpaired) electrons. The van der Waals surface area contributed by atoms with Gasteiger partial charge in [-0.15, -0.1) is 0 Å². The van der Waals surface area contributed by atoms with Crippen LogP contribution in [-0.2, 0) is 0 Å². The Hall–Kier alpha value is -2.02. The van der Waals surface area contributed by atoms with Gasteiger partial charge in [-0.05, 0) is 18.2 Å². The van der Waals surface area contributed by atoms with Gasteiger partial charge in [0, 0.05) is 10.5 Å². The molecule has 0 aliphatic rings. The topological polar surface area (TPSA) is 59.4 Å². The van der Waals surface area contributed by atoms with E-state index in [2.05, 4.69) is 20.9 Å². The third kappa shape index (κ3) is 3.05. The number of hydrogen-bond acceptors (Lipinski definition) is 3. The summed E-state index contributed by atoms with van der Waals surface area (Å²) in [4.78, 5) is 14.4. The van der Waals surface area contributed by atoms with Crippen molar-refractivity contribution in [1.82, 2.24) is 4.98 Å². The second kappa shape index (κ2) is 5.31. The summed E-state index contributed by atoms with van der Waals surface area (Å²) in [5.74, 6) is -4.03. The van der Waals surface area contributed by atoms with E-state index in [0.29, 0.717) is 0 Å². The molecule has 0 saturated carbocycles. The zero-order valence-corrected chi connectivity index (χ0v) is 10.8. The van der Waals surface area contributed by atoms with Crippen molar-refractivity contribution in [3.63, 3.8) is 0 Å². The van der Waals surface area contributed by atoms with Crippen molar-refractivity contribution in [1.29, 1.82) is 0 Å². The van der Waals surface area contributed by atoms with Gasteiger partial charge in [-0.1, -0.05) is 22.0 Å². The van der Waals surface area contributed by atoms with Crippen molar-refractivity contribution in [3.05, 3.63) is 52.1 Å². The molecule has 0 aliphatic heterocycles. The van der Waals surface area contributed by atoms with Gasteiger partial charge in [0.2, 0.25) is 11.7 Å². The monoisotopic (exact) mass is 329 g/mol. The third-order valence-electron chi connectivity index (χ3n) is 2.12. The Morgan fingerprint density at radius 2 is 2.05 bits per heavy atom. The van der Waals surface area contributed by atoms with Crippen LogP contribution in [0.2, 0.25) is 0 Å². The minimum Gasteiger partial charge on any atom is -0.477 e. The summed E-state index contributed by atoms with van der Waals surface area (Å²) in [7, 11) is 0. The van der Waals surface area contributed by atoms with Gasteiger partial charge in [-0.3, -0.25) is 0 Å². The molecule has 4 nitrogen and oxygen atoms in total. The number of carbonyl (C=O) groups is 1. The Morgan fingerprint density at radius 1 is 1.32 bits per heavy atom. The number of aromatic nitrogens is 1. The molecule has 0 amide bonds. The summed E-state index contributed by atoms with van der Waals surface area (Å²) in [5.41, 5.74) is -0.256. The number of carboxylic acids is 1. The highest BCUT2D eigenvalue weighted by Crippen LogP contribution is 2.28. The molecule has 1 aromatic heterocycles. The number of pyridine rings is 1. The molecule has 0 aliphatic carbocycles. The molecule has 0 spiro atoms. The van der Waals surface area contributed by atoms with Crippen molar-refractivity contribution in [2.24, 2.45) is 0 Å². The first-order chi connectivity index (χ1) is 8.97. The van der Waals surface area contributed by atoms with Gasteiger partial charge in [-0.25, -0.2) is 14.2 Å². The lowest BCUT2D eigenvalue weighted by molar-refractivity contribution is 0.0689. The molecule has 0 bridgehead atoms. The zero-order valence-electron chi connectivity index (χ0n) is 9.23. The number of halogens is 3. The first-order valence-corrected chi connectivity index (χ1v) is 5.79. The number of hydrogen-bond donors (Lipinski definition) is 1. The Bertz CT molecular complexity index is 649. The first-order valence-electron chi connectivity index (χ1n) is 5.00. The zero-order chi connectivity index (χ0) is 14.0. The van der Waals surface area contributed by atoms with Gasteiger partial charge in [0.15, 0.2) is 17.3 Å².